The zero-order valence-electron chi connectivity index (χ0n) is 16.8. The van der Waals surface area contributed by atoms with Gasteiger partial charge in [-0.2, -0.15) is 0 Å². The fourth-order valence-corrected chi connectivity index (χ4v) is 5.47. The van der Waals surface area contributed by atoms with Crippen LogP contribution in [0.4, 0.5) is 11.5 Å². The van der Waals surface area contributed by atoms with Gasteiger partial charge in [0.1, 0.15) is 5.82 Å². The number of thiophene rings is 1. The lowest BCUT2D eigenvalue weighted by Gasteiger charge is -2.27. The van der Waals surface area contributed by atoms with E-state index in [4.69, 9.17) is 11.6 Å². The standard InChI is InChI=1S/C23H23ClN4OS/c1-25-18-9-10-27(14-18)21-7-6-19(13-26-21)28-11-8-16-12-20(30-22(16)23(28)29)15-2-4-17(24)5-3-15/h2-7,12-13,18,25H,8-11,14H2,1H3. The van der Waals surface area contributed by atoms with Gasteiger partial charge in [-0.15, -0.1) is 11.3 Å². The van der Waals surface area contributed by atoms with Crippen molar-refractivity contribution in [3.05, 3.63) is 64.1 Å². The predicted molar refractivity (Wildman–Crippen MR) is 124 cm³/mol. The Labute approximate surface area is 185 Å². The van der Waals surface area contributed by atoms with Crippen LogP contribution in [0.5, 0.6) is 0 Å². The second kappa shape index (κ2) is 8.02. The van der Waals surface area contributed by atoms with Gasteiger partial charge in [-0.3, -0.25) is 4.79 Å². The van der Waals surface area contributed by atoms with Crippen LogP contribution in [0.25, 0.3) is 10.4 Å². The van der Waals surface area contributed by atoms with Gasteiger partial charge in [-0.05, 0) is 61.3 Å². The highest BCUT2D eigenvalue weighted by molar-refractivity contribution is 7.17. The summed E-state index contributed by atoms with van der Waals surface area (Å²) in [6, 6.07) is 14.5. The number of aromatic nitrogens is 1. The molecule has 1 amide bonds. The Morgan fingerprint density at radius 1 is 1.17 bits per heavy atom. The van der Waals surface area contributed by atoms with E-state index >= 15 is 0 Å². The molecule has 0 bridgehead atoms. The number of rotatable bonds is 4. The Bertz CT molecular complexity index is 1060. The number of pyridine rings is 1. The van der Waals surface area contributed by atoms with Gasteiger partial charge in [0.25, 0.3) is 5.91 Å². The van der Waals surface area contributed by atoms with Gasteiger partial charge in [-0.25, -0.2) is 4.98 Å². The molecule has 3 aromatic rings. The molecular weight excluding hydrogens is 416 g/mol. The third-order valence-corrected chi connectivity index (χ3v) is 7.41. The van der Waals surface area contributed by atoms with Crippen molar-refractivity contribution in [2.75, 3.05) is 36.5 Å². The summed E-state index contributed by atoms with van der Waals surface area (Å²) < 4.78 is 0. The van der Waals surface area contributed by atoms with Gasteiger partial charge in [-0.1, -0.05) is 23.7 Å². The Hall–Kier alpha value is -2.41. The van der Waals surface area contributed by atoms with Gasteiger partial charge in [0.15, 0.2) is 0 Å². The van der Waals surface area contributed by atoms with Crippen molar-refractivity contribution >= 4 is 40.4 Å². The normalized spacial score (nSPS) is 18.7. The van der Waals surface area contributed by atoms with Gasteiger partial charge in [0.05, 0.1) is 16.8 Å². The molecule has 1 saturated heterocycles. The molecule has 1 fully saturated rings. The molecule has 7 heteroatoms. The minimum Gasteiger partial charge on any atom is -0.355 e. The summed E-state index contributed by atoms with van der Waals surface area (Å²) in [6.07, 6.45) is 3.81. The molecular formula is C23H23ClN4OS. The monoisotopic (exact) mass is 438 g/mol. The number of carbonyl (C=O) groups is 1. The minimum absolute atomic E-state index is 0.0624. The summed E-state index contributed by atoms with van der Waals surface area (Å²) in [4.78, 5) is 23.9. The van der Waals surface area contributed by atoms with Crippen LogP contribution in [-0.2, 0) is 6.42 Å². The average Bonchev–Trinajstić information content (AvgIpc) is 3.42. The molecule has 5 nitrogen and oxygen atoms in total. The number of hydrogen-bond acceptors (Lipinski definition) is 5. The minimum atomic E-state index is 0.0624. The number of halogens is 1. The van der Waals surface area contributed by atoms with Gasteiger partial charge < -0.3 is 15.1 Å². The Morgan fingerprint density at radius 2 is 2.00 bits per heavy atom. The van der Waals surface area contributed by atoms with Crippen LogP contribution < -0.4 is 15.1 Å². The summed E-state index contributed by atoms with van der Waals surface area (Å²) in [5.74, 6) is 1.04. The molecule has 2 aliphatic heterocycles. The van der Waals surface area contributed by atoms with Crippen molar-refractivity contribution in [2.45, 2.75) is 18.9 Å². The highest BCUT2D eigenvalue weighted by atomic mass is 35.5. The largest absolute Gasteiger partial charge is 0.355 e. The summed E-state index contributed by atoms with van der Waals surface area (Å²) in [6.45, 7) is 2.65. The second-order valence-corrected chi connectivity index (χ2v) is 9.26. The predicted octanol–water partition coefficient (Wildman–Crippen LogP) is 4.46. The van der Waals surface area contributed by atoms with Crippen molar-refractivity contribution in [2.24, 2.45) is 0 Å². The van der Waals surface area contributed by atoms with E-state index < -0.39 is 0 Å². The highest BCUT2D eigenvalue weighted by Crippen LogP contribution is 2.36. The number of likely N-dealkylation sites (N-methyl/N-ethyl adjacent to an activating group) is 1. The average molecular weight is 439 g/mol. The molecule has 0 spiro atoms. The molecule has 154 valence electrons. The van der Waals surface area contributed by atoms with Crippen LogP contribution in [0.2, 0.25) is 5.02 Å². The van der Waals surface area contributed by atoms with Crippen molar-refractivity contribution in [3.8, 4) is 10.4 Å². The van der Waals surface area contributed by atoms with Gasteiger partial charge >= 0.3 is 0 Å². The van der Waals surface area contributed by atoms with E-state index in [1.807, 2.05) is 54.5 Å². The van der Waals surface area contributed by atoms with Crippen LogP contribution in [-0.4, -0.2) is 43.6 Å². The number of hydrogen-bond donors (Lipinski definition) is 1. The summed E-state index contributed by atoms with van der Waals surface area (Å²) in [5, 5.41) is 4.05. The van der Waals surface area contributed by atoms with Crippen LogP contribution in [0.3, 0.4) is 0 Å². The number of nitrogens with zero attached hydrogens (tertiary/aromatic N) is 3. The lowest BCUT2D eigenvalue weighted by Crippen LogP contribution is -2.36. The van der Waals surface area contributed by atoms with E-state index in [1.165, 1.54) is 0 Å². The lowest BCUT2D eigenvalue weighted by atomic mass is 10.1. The van der Waals surface area contributed by atoms with Crippen LogP contribution in [0.15, 0.2) is 48.7 Å². The molecule has 0 radical (unpaired) electrons. The fraction of sp³-hybridized carbons (Fsp3) is 0.304. The van der Waals surface area contributed by atoms with Gasteiger partial charge in [0, 0.05) is 35.6 Å². The number of carbonyl (C=O) groups excluding carboxylic acids is 1. The first-order chi connectivity index (χ1) is 14.6. The Morgan fingerprint density at radius 3 is 2.70 bits per heavy atom. The highest BCUT2D eigenvalue weighted by Gasteiger charge is 2.29. The molecule has 1 atom stereocenters. The molecule has 1 aromatic carbocycles. The maximum atomic E-state index is 13.2. The van der Waals surface area contributed by atoms with Crippen LogP contribution in [0, 0.1) is 0 Å². The van der Waals surface area contributed by atoms with E-state index in [0.717, 1.165) is 58.3 Å². The van der Waals surface area contributed by atoms with Crippen LogP contribution in [0.1, 0.15) is 21.7 Å². The molecule has 0 saturated carbocycles. The zero-order chi connectivity index (χ0) is 20.7. The van der Waals surface area contributed by atoms with Crippen molar-refractivity contribution in [1.82, 2.24) is 10.3 Å². The van der Waals surface area contributed by atoms with E-state index in [1.54, 1.807) is 11.3 Å². The lowest BCUT2D eigenvalue weighted by molar-refractivity contribution is 0.0985. The van der Waals surface area contributed by atoms with E-state index in [2.05, 4.69) is 21.3 Å². The van der Waals surface area contributed by atoms with E-state index in [0.29, 0.717) is 17.6 Å². The SMILES string of the molecule is CNC1CCN(c2ccc(N3CCc4cc(-c5ccc(Cl)cc5)sc4C3=O)cn2)C1. The summed E-state index contributed by atoms with van der Waals surface area (Å²) in [7, 11) is 2.00. The third-order valence-electron chi connectivity index (χ3n) is 5.95. The second-order valence-electron chi connectivity index (χ2n) is 7.77. The molecule has 1 N–H and O–H groups in total. The Kier molecular flexibility index (Phi) is 5.23. The van der Waals surface area contributed by atoms with E-state index in [9.17, 15) is 4.79 Å². The maximum Gasteiger partial charge on any atom is 0.268 e. The smallest absolute Gasteiger partial charge is 0.268 e. The van der Waals surface area contributed by atoms with Crippen molar-refractivity contribution in [1.29, 1.82) is 0 Å². The first kappa shape index (κ1) is 19.5. The molecule has 4 heterocycles. The third kappa shape index (κ3) is 3.60. The molecule has 2 aliphatic rings. The number of anilines is 2. The first-order valence-corrected chi connectivity index (χ1v) is 11.4. The number of nitrogens with one attached hydrogen (secondary N) is 1. The molecule has 0 aliphatic carbocycles. The summed E-state index contributed by atoms with van der Waals surface area (Å²) in [5.41, 5.74) is 3.08. The Balaban J connectivity index is 1.35. The van der Waals surface area contributed by atoms with Crippen molar-refractivity contribution < 1.29 is 4.79 Å². The number of amides is 1. The molecule has 5 rings (SSSR count). The van der Waals surface area contributed by atoms with Crippen molar-refractivity contribution in [3.63, 3.8) is 0 Å². The first-order valence-electron chi connectivity index (χ1n) is 10.2. The number of benzene rings is 1. The summed E-state index contributed by atoms with van der Waals surface area (Å²) >= 11 is 7.57. The van der Waals surface area contributed by atoms with Gasteiger partial charge in [0.2, 0.25) is 0 Å². The fourth-order valence-electron chi connectivity index (χ4n) is 4.18. The topological polar surface area (TPSA) is 48.5 Å². The van der Waals surface area contributed by atoms with E-state index in [-0.39, 0.29) is 5.91 Å². The van der Waals surface area contributed by atoms with Crippen LogP contribution >= 0.6 is 22.9 Å². The molecule has 1 unspecified atom stereocenters. The molecule has 2 aromatic heterocycles. The quantitative estimate of drug-likeness (QED) is 0.653. The maximum absolute atomic E-state index is 13.2. The molecule has 30 heavy (non-hydrogen) atoms. The zero-order valence-corrected chi connectivity index (χ0v) is 18.3. The number of fused-ring (bicyclic) bond motifs is 1.